The number of fused-ring (bicyclic) bond motifs is 2. The summed E-state index contributed by atoms with van der Waals surface area (Å²) in [6.45, 7) is 3.86. The second-order valence-electron chi connectivity index (χ2n) is 7.03. The third kappa shape index (κ3) is 4.07. The molecule has 1 aromatic heterocycles. The van der Waals surface area contributed by atoms with Crippen LogP contribution in [0.3, 0.4) is 0 Å². The fraction of sp³-hybridized carbons (Fsp3) is 0.273. The van der Waals surface area contributed by atoms with Gasteiger partial charge in [0.25, 0.3) is 11.5 Å². The fourth-order valence-corrected chi connectivity index (χ4v) is 3.24. The lowest BCUT2D eigenvalue weighted by Crippen LogP contribution is -2.32. The van der Waals surface area contributed by atoms with E-state index in [-0.39, 0.29) is 18.0 Å². The minimum Gasteiger partial charge on any atom is -0.454 e. The molecule has 1 aliphatic heterocycles. The maximum atomic E-state index is 12.8. The molecule has 2 aromatic carbocycles. The molecule has 2 heterocycles. The second kappa shape index (κ2) is 8.47. The maximum Gasteiger partial charge on any atom is 0.360 e. The predicted octanol–water partition coefficient (Wildman–Crippen LogP) is 2.72. The second-order valence-corrected chi connectivity index (χ2v) is 7.03. The van der Waals surface area contributed by atoms with Crippen LogP contribution in [0, 0.1) is 0 Å². The topological polar surface area (TPSA) is 109 Å². The zero-order valence-electron chi connectivity index (χ0n) is 17.1. The molecule has 0 spiro atoms. The van der Waals surface area contributed by atoms with Gasteiger partial charge in [0.1, 0.15) is 0 Å². The molecule has 0 saturated heterocycles. The van der Waals surface area contributed by atoms with Crippen LogP contribution in [0.15, 0.2) is 47.3 Å². The van der Waals surface area contributed by atoms with Crippen LogP contribution in [0.4, 0.5) is 5.69 Å². The van der Waals surface area contributed by atoms with Crippen LogP contribution in [-0.2, 0) is 16.1 Å². The Hall–Kier alpha value is -3.88. The van der Waals surface area contributed by atoms with E-state index in [1.165, 1.54) is 11.6 Å². The molecule has 0 radical (unpaired) electrons. The number of hydrogen-bond donors (Lipinski definition) is 1. The molecule has 0 bridgehead atoms. The van der Waals surface area contributed by atoms with Gasteiger partial charge in [0.15, 0.2) is 23.3 Å². The molecule has 1 N–H and O–H groups in total. The number of carbonyl (C=O) groups is 2. The first-order valence-corrected chi connectivity index (χ1v) is 9.89. The van der Waals surface area contributed by atoms with Gasteiger partial charge in [-0.1, -0.05) is 25.1 Å². The highest BCUT2D eigenvalue weighted by atomic mass is 16.7. The standard InChI is InChI=1S/C22H21N3O6/c1-3-10-25-21(27)16-7-5-4-6-15(16)19(24-25)22(28)31-13(2)20(26)23-14-8-9-17-18(11-14)30-12-29-17/h4-9,11,13H,3,10,12H2,1-2H3,(H,23,26)/t13-/m1/s1. The van der Waals surface area contributed by atoms with Gasteiger partial charge in [0.2, 0.25) is 6.79 Å². The van der Waals surface area contributed by atoms with E-state index >= 15 is 0 Å². The van der Waals surface area contributed by atoms with Crippen LogP contribution in [0.2, 0.25) is 0 Å². The van der Waals surface area contributed by atoms with Crippen molar-refractivity contribution in [2.75, 3.05) is 12.1 Å². The summed E-state index contributed by atoms with van der Waals surface area (Å²) >= 11 is 0. The number of aryl methyl sites for hydroxylation is 1. The Morgan fingerprint density at radius 1 is 1.16 bits per heavy atom. The average Bonchev–Trinajstić information content (AvgIpc) is 3.23. The minimum atomic E-state index is -1.09. The van der Waals surface area contributed by atoms with E-state index in [2.05, 4.69) is 10.4 Å². The Morgan fingerprint density at radius 2 is 1.90 bits per heavy atom. The first-order chi connectivity index (χ1) is 15.0. The quantitative estimate of drug-likeness (QED) is 0.607. The summed E-state index contributed by atoms with van der Waals surface area (Å²) < 4.78 is 17.1. The number of ether oxygens (including phenoxy) is 3. The summed E-state index contributed by atoms with van der Waals surface area (Å²) in [6.07, 6.45) is -0.418. The van der Waals surface area contributed by atoms with Crippen LogP contribution in [0.5, 0.6) is 11.5 Å². The van der Waals surface area contributed by atoms with Crippen LogP contribution in [0.25, 0.3) is 10.8 Å². The lowest BCUT2D eigenvalue weighted by atomic mass is 10.1. The maximum absolute atomic E-state index is 12.8. The number of benzene rings is 2. The molecule has 1 atom stereocenters. The van der Waals surface area contributed by atoms with E-state index in [1.807, 2.05) is 6.92 Å². The van der Waals surface area contributed by atoms with Gasteiger partial charge >= 0.3 is 5.97 Å². The molecule has 1 amide bonds. The SMILES string of the molecule is CCCn1nc(C(=O)O[C@H](C)C(=O)Nc2ccc3c(c2)OCO3)c2ccccc2c1=O. The van der Waals surface area contributed by atoms with E-state index < -0.39 is 18.0 Å². The molecular weight excluding hydrogens is 402 g/mol. The summed E-state index contributed by atoms with van der Waals surface area (Å²) in [5, 5.41) is 7.63. The Balaban J connectivity index is 1.53. The molecule has 3 aromatic rings. The Bertz CT molecular complexity index is 1220. The van der Waals surface area contributed by atoms with Crippen molar-refractivity contribution in [1.82, 2.24) is 9.78 Å². The van der Waals surface area contributed by atoms with Gasteiger partial charge < -0.3 is 19.5 Å². The monoisotopic (exact) mass is 423 g/mol. The molecule has 0 fully saturated rings. The zero-order chi connectivity index (χ0) is 22.0. The third-order valence-corrected chi connectivity index (χ3v) is 4.79. The Kier molecular flexibility index (Phi) is 5.57. The fourth-order valence-electron chi connectivity index (χ4n) is 3.24. The first-order valence-electron chi connectivity index (χ1n) is 9.89. The highest BCUT2D eigenvalue weighted by Crippen LogP contribution is 2.34. The summed E-state index contributed by atoms with van der Waals surface area (Å²) in [4.78, 5) is 37.9. The number of anilines is 1. The van der Waals surface area contributed by atoms with Gasteiger partial charge in [0.05, 0.1) is 5.39 Å². The number of amides is 1. The average molecular weight is 423 g/mol. The minimum absolute atomic E-state index is 0.00798. The Labute approximate surface area is 177 Å². The highest BCUT2D eigenvalue weighted by Gasteiger charge is 2.24. The third-order valence-electron chi connectivity index (χ3n) is 4.79. The molecule has 4 rings (SSSR count). The van der Waals surface area contributed by atoms with Crippen molar-refractivity contribution in [3.8, 4) is 11.5 Å². The molecule has 9 heteroatoms. The normalized spacial score (nSPS) is 13.1. The van der Waals surface area contributed by atoms with Crippen molar-refractivity contribution < 1.29 is 23.8 Å². The van der Waals surface area contributed by atoms with Crippen molar-refractivity contribution in [3.05, 3.63) is 58.5 Å². The zero-order valence-corrected chi connectivity index (χ0v) is 17.1. The van der Waals surface area contributed by atoms with E-state index in [4.69, 9.17) is 14.2 Å². The number of nitrogens with one attached hydrogen (secondary N) is 1. The van der Waals surface area contributed by atoms with Gasteiger partial charge in [0, 0.05) is 23.7 Å². The van der Waals surface area contributed by atoms with Gasteiger partial charge in [-0.3, -0.25) is 9.59 Å². The molecule has 160 valence electrons. The van der Waals surface area contributed by atoms with Crippen molar-refractivity contribution in [1.29, 1.82) is 0 Å². The number of hydrogen-bond acceptors (Lipinski definition) is 7. The van der Waals surface area contributed by atoms with Crippen molar-refractivity contribution in [2.45, 2.75) is 32.9 Å². The van der Waals surface area contributed by atoms with Crippen molar-refractivity contribution in [3.63, 3.8) is 0 Å². The molecular formula is C22H21N3O6. The summed E-state index contributed by atoms with van der Waals surface area (Å²) in [5.74, 6) is -0.179. The van der Waals surface area contributed by atoms with E-state index in [0.717, 1.165) is 0 Å². The van der Waals surface area contributed by atoms with Crippen LogP contribution in [0.1, 0.15) is 30.8 Å². The summed E-state index contributed by atoms with van der Waals surface area (Å²) in [6, 6.07) is 11.7. The van der Waals surface area contributed by atoms with E-state index in [0.29, 0.717) is 40.9 Å². The largest absolute Gasteiger partial charge is 0.454 e. The molecule has 0 saturated carbocycles. The lowest BCUT2D eigenvalue weighted by molar-refractivity contribution is -0.123. The molecule has 0 unspecified atom stereocenters. The van der Waals surface area contributed by atoms with Crippen molar-refractivity contribution >= 4 is 28.3 Å². The molecule has 31 heavy (non-hydrogen) atoms. The number of aromatic nitrogens is 2. The molecule has 1 aliphatic rings. The lowest BCUT2D eigenvalue weighted by Gasteiger charge is -2.15. The smallest absolute Gasteiger partial charge is 0.360 e. The number of carbonyl (C=O) groups excluding carboxylic acids is 2. The van der Waals surface area contributed by atoms with Crippen molar-refractivity contribution in [2.24, 2.45) is 0 Å². The van der Waals surface area contributed by atoms with E-state index in [1.54, 1.807) is 42.5 Å². The van der Waals surface area contributed by atoms with Gasteiger partial charge in [-0.05, 0) is 31.5 Å². The number of rotatable bonds is 6. The first kappa shape index (κ1) is 20.4. The number of nitrogens with zero attached hydrogens (tertiary/aromatic N) is 2. The summed E-state index contributed by atoms with van der Waals surface area (Å²) in [7, 11) is 0. The molecule has 9 nitrogen and oxygen atoms in total. The van der Waals surface area contributed by atoms with Crippen LogP contribution in [-0.4, -0.2) is 34.6 Å². The predicted molar refractivity (Wildman–Crippen MR) is 112 cm³/mol. The highest BCUT2D eigenvalue weighted by molar-refractivity contribution is 6.03. The van der Waals surface area contributed by atoms with Gasteiger partial charge in [-0.15, -0.1) is 0 Å². The summed E-state index contributed by atoms with van der Waals surface area (Å²) in [5.41, 5.74) is 0.200. The van der Waals surface area contributed by atoms with E-state index in [9.17, 15) is 14.4 Å². The van der Waals surface area contributed by atoms with Crippen LogP contribution >= 0.6 is 0 Å². The number of esters is 1. The van der Waals surface area contributed by atoms with Gasteiger partial charge in [-0.2, -0.15) is 5.10 Å². The van der Waals surface area contributed by atoms with Gasteiger partial charge in [-0.25, -0.2) is 9.48 Å². The molecule has 0 aliphatic carbocycles. The Morgan fingerprint density at radius 3 is 2.68 bits per heavy atom. The van der Waals surface area contributed by atoms with Crippen LogP contribution < -0.4 is 20.3 Å².